The van der Waals surface area contributed by atoms with E-state index in [0.717, 1.165) is 24.0 Å². The first-order chi connectivity index (χ1) is 28.3. The number of carbonyl (C=O) groups is 4. The number of nitrogens with one attached hydrogen (secondary N) is 3. The van der Waals surface area contributed by atoms with Gasteiger partial charge in [-0.15, -0.1) is 0 Å². The Kier molecular flexibility index (Phi) is 11.7. The van der Waals surface area contributed by atoms with Crippen molar-refractivity contribution in [3.63, 3.8) is 0 Å². The standard InChI is InChI=1S/C46H57N3O11/c1-25(47-39(54)26(2)48-42(56)60-43(3,4)5)40(55)49-30-9-8-10-32(20-30)57-24-27-11-13-28(14-12-27)41-58-37-21-34-33-16-15-29-19-31(51)17-18-44(29,6)38(33)35(52)22-45(34,7)46(37,59-41)36(53)23-50/h8-14,17-20,25-26,33-35,37-38,41,50,52H,15-16,21-24H2,1-7H3,(H,47,54)(H,48,56)(H,49,55)/p+1/t25-,26-,33-,34-,35-,37+,38+,41+,44-,45-,46+/m0/s1. The topological polar surface area (TPSA) is 203 Å². The third kappa shape index (κ3) is 7.90. The van der Waals surface area contributed by atoms with Gasteiger partial charge in [-0.3, -0.25) is 19.2 Å². The van der Waals surface area contributed by atoms with Gasteiger partial charge in [0, 0.05) is 46.2 Å². The van der Waals surface area contributed by atoms with E-state index in [1.54, 1.807) is 51.1 Å². The number of amides is 3. The van der Waals surface area contributed by atoms with Crippen LogP contribution in [0.3, 0.4) is 0 Å². The first-order valence-corrected chi connectivity index (χ1v) is 20.8. The maximum absolute atomic E-state index is 13.9. The number of allylic oxidation sites excluding steroid dienone is 4. The molecule has 322 valence electrons. The zero-order valence-electron chi connectivity index (χ0n) is 35.3. The molecule has 4 aliphatic carbocycles. The minimum Gasteiger partial charge on any atom is -0.489 e. The number of ketones is 2. The van der Waals surface area contributed by atoms with Gasteiger partial charge in [-0.2, -0.15) is 0 Å². The predicted octanol–water partition coefficient (Wildman–Crippen LogP) is 5.20. The SMILES string of the molecule is C[C@H](NC(=O)OC(C)(C)C)C(=O)N[C@@H](C)C(=O)Nc1cccc(OCc2ccc([C@@H]3O[C@@H]4C[C@H]5[C@@H]6CCC7=CC(=[OH+])C=C[C@]7(C)[C@H]6[C@@H](O)C[C@]5(C)[C@]4(C(=O)CO)O3)cc2)c1. The molecule has 2 aromatic carbocycles. The summed E-state index contributed by atoms with van der Waals surface area (Å²) in [5.74, 6) is -0.723. The molecule has 14 nitrogen and oxygen atoms in total. The van der Waals surface area contributed by atoms with Crippen LogP contribution >= 0.6 is 0 Å². The van der Waals surface area contributed by atoms with Crippen molar-refractivity contribution >= 4 is 35.2 Å². The van der Waals surface area contributed by atoms with E-state index in [1.165, 1.54) is 13.8 Å². The number of alkyl carbamates (subject to hydrolysis) is 1. The van der Waals surface area contributed by atoms with Gasteiger partial charge in [-0.25, -0.2) is 4.79 Å². The van der Waals surface area contributed by atoms with Gasteiger partial charge in [0.1, 0.15) is 36.6 Å². The Morgan fingerprint density at radius 1 is 1.02 bits per heavy atom. The molecule has 0 spiro atoms. The lowest BCUT2D eigenvalue weighted by atomic mass is 9.46. The summed E-state index contributed by atoms with van der Waals surface area (Å²) in [6, 6.07) is 12.5. The van der Waals surface area contributed by atoms with Gasteiger partial charge < -0.3 is 45.1 Å². The molecule has 1 saturated heterocycles. The number of anilines is 1. The molecule has 3 saturated carbocycles. The van der Waals surface area contributed by atoms with E-state index in [1.807, 2.05) is 43.3 Å². The molecule has 6 N–H and O–H groups in total. The highest BCUT2D eigenvalue weighted by atomic mass is 16.7. The molecule has 7 rings (SSSR count). The molecule has 5 aliphatic rings. The molecule has 1 heterocycles. The smallest absolute Gasteiger partial charge is 0.408 e. The van der Waals surface area contributed by atoms with Gasteiger partial charge in [0.15, 0.2) is 17.7 Å². The van der Waals surface area contributed by atoms with E-state index in [4.69, 9.17) is 18.9 Å². The van der Waals surface area contributed by atoms with Crippen LogP contribution < -0.4 is 20.7 Å². The highest BCUT2D eigenvalue weighted by Gasteiger charge is 2.76. The van der Waals surface area contributed by atoms with Crippen molar-refractivity contribution in [1.82, 2.24) is 10.6 Å². The minimum atomic E-state index is -1.43. The number of rotatable bonds is 11. The lowest BCUT2D eigenvalue weighted by Gasteiger charge is -2.59. The van der Waals surface area contributed by atoms with Crippen LogP contribution in [0.25, 0.3) is 0 Å². The quantitative estimate of drug-likeness (QED) is 0.188. The number of aliphatic hydroxyl groups excluding tert-OH is 2. The van der Waals surface area contributed by atoms with Gasteiger partial charge in [-0.05, 0) is 89.8 Å². The third-order valence-electron chi connectivity index (χ3n) is 13.4. The van der Waals surface area contributed by atoms with E-state index < -0.39 is 82.9 Å². The van der Waals surface area contributed by atoms with Gasteiger partial charge in [0.2, 0.25) is 11.8 Å². The molecule has 0 radical (unpaired) electrons. The first kappa shape index (κ1) is 43.2. The van der Waals surface area contributed by atoms with Gasteiger partial charge in [0.25, 0.3) is 0 Å². The van der Waals surface area contributed by atoms with Crippen molar-refractivity contribution in [3.05, 3.63) is 83.5 Å². The maximum atomic E-state index is 13.9. The average molecular weight is 829 g/mol. The van der Waals surface area contributed by atoms with Crippen LogP contribution in [-0.4, -0.2) is 86.6 Å². The number of hydrogen-bond acceptors (Lipinski definition) is 10. The van der Waals surface area contributed by atoms with Crippen LogP contribution in [0.15, 0.2) is 72.3 Å². The fraction of sp³-hybridized carbons (Fsp3) is 0.543. The molecule has 0 aromatic heterocycles. The summed E-state index contributed by atoms with van der Waals surface area (Å²) in [6.07, 6.45) is 5.09. The fourth-order valence-electron chi connectivity index (χ4n) is 10.6. The molecule has 3 amide bonds. The average Bonchev–Trinajstić information content (AvgIpc) is 3.69. The lowest BCUT2D eigenvalue weighted by molar-refractivity contribution is -0.201. The number of fused-ring (bicyclic) bond motifs is 7. The molecule has 0 bridgehead atoms. The summed E-state index contributed by atoms with van der Waals surface area (Å²) in [5, 5.41) is 30.1. The van der Waals surface area contributed by atoms with Gasteiger partial charge >= 0.3 is 11.9 Å². The van der Waals surface area contributed by atoms with Crippen molar-refractivity contribution in [2.24, 2.45) is 28.6 Å². The minimum absolute atomic E-state index is 0.0119. The molecule has 2 aromatic rings. The maximum Gasteiger partial charge on any atom is 0.408 e. The molecular formula is C46H58N3O11+. The summed E-state index contributed by atoms with van der Waals surface area (Å²) in [6.45, 7) is 11.8. The predicted molar refractivity (Wildman–Crippen MR) is 221 cm³/mol. The first-order valence-electron chi connectivity index (χ1n) is 20.8. The molecule has 1 aliphatic heterocycles. The van der Waals surface area contributed by atoms with Crippen molar-refractivity contribution in [2.45, 2.75) is 123 Å². The monoisotopic (exact) mass is 828 g/mol. The molecule has 60 heavy (non-hydrogen) atoms. The number of Topliss-reactive ketones (excluding diaryl/α,β-unsaturated/α-hetero) is 1. The van der Waals surface area contributed by atoms with E-state index >= 15 is 0 Å². The van der Waals surface area contributed by atoms with E-state index in [-0.39, 0.29) is 30.1 Å². The molecule has 11 atom stereocenters. The van der Waals surface area contributed by atoms with E-state index in [9.17, 15) is 34.2 Å². The zero-order chi connectivity index (χ0) is 43.4. The second-order valence-electron chi connectivity index (χ2n) is 18.5. The Bertz CT molecular complexity index is 2090. The normalized spacial score (nSPS) is 32.5. The number of aliphatic hydroxyl groups is 2. The Labute approximate surface area is 350 Å². The summed E-state index contributed by atoms with van der Waals surface area (Å²) in [4.78, 5) is 61.7. The van der Waals surface area contributed by atoms with Crippen LogP contribution in [0.1, 0.15) is 91.6 Å². The van der Waals surface area contributed by atoms with Crippen LogP contribution in [0.5, 0.6) is 5.75 Å². The second kappa shape index (κ2) is 16.2. The van der Waals surface area contributed by atoms with Gasteiger partial charge in [-0.1, -0.05) is 55.8 Å². The van der Waals surface area contributed by atoms with Crippen molar-refractivity contribution in [3.8, 4) is 5.75 Å². The largest absolute Gasteiger partial charge is 0.489 e. The number of hydrogen-bond donors (Lipinski definition) is 5. The van der Waals surface area contributed by atoms with E-state index in [2.05, 4.69) is 22.9 Å². The second-order valence-corrected chi connectivity index (χ2v) is 18.5. The van der Waals surface area contributed by atoms with Gasteiger partial charge in [0.05, 0.1) is 12.2 Å². The summed E-state index contributed by atoms with van der Waals surface area (Å²) in [7, 11) is 0. The highest BCUT2D eigenvalue weighted by Crippen LogP contribution is 2.70. The van der Waals surface area contributed by atoms with Crippen molar-refractivity contribution in [2.75, 3.05) is 11.9 Å². The Hall–Kier alpha value is -4.89. The Morgan fingerprint density at radius 3 is 2.43 bits per heavy atom. The summed E-state index contributed by atoms with van der Waals surface area (Å²) < 4.78 is 24.6. The Morgan fingerprint density at radius 2 is 1.73 bits per heavy atom. The third-order valence-corrected chi connectivity index (χ3v) is 13.4. The van der Waals surface area contributed by atoms with Crippen molar-refractivity contribution in [1.29, 1.82) is 0 Å². The molecular weight excluding hydrogens is 771 g/mol. The van der Waals surface area contributed by atoms with Crippen LogP contribution in [-0.2, 0) is 35.2 Å². The summed E-state index contributed by atoms with van der Waals surface area (Å²) >= 11 is 0. The Balaban J connectivity index is 0.960. The number of benzene rings is 2. The van der Waals surface area contributed by atoms with Crippen molar-refractivity contribution < 1.29 is 53.1 Å². The summed E-state index contributed by atoms with van der Waals surface area (Å²) in [5.41, 5.74) is -0.240. The number of ether oxygens (including phenoxy) is 4. The lowest BCUT2D eigenvalue weighted by Crippen LogP contribution is -2.63. The van der Waals surface area contributed by atoms with Crippen LogP contribution in [0.4, 0.5) is 10.5 Å². The molecule has 14 heteroatoms. The van der Waals surface area contributed by atoms with E-state index in [0.29, 0.717) is 29.8 Å². The van der Waals surface area contributed by atoms with Crippen LogP contribution in [0, 0.1) is 28.6 Å². The number of carbonyl (C=O) groups excluding carboxylic acids is 5. The van der Waals surface area contributed by atoms with Crippen LogP contribution in [0.2, 0.25) is 0 Å². The zero-order valence-corrected chi connectivity index (χ0v) is 35.3. The fourth-order valence-corrected chi connectivity index (χ4v) is 10.6. The highest BCUT2D eigenvalue weighted by molar-refractivity contribution is 6.02. The molecule has 0 unspecified atom stereocenters. The molecule has 4 fully saturated rings.